The van der Waals surface area contributed by atoms with E-state index in [0.717, 1.165) is 39.8 Å². The van der Waals surface area contributed by atoms with E-state index in [9.17, 15) is 34.4 Å². The van der Waals surface area contributed by atoms with Crippen LogP contribution >= 0.6 is 0 Å². The fourth-order valence-corrected chi connectivity index (χ4v) is 3.33. The molecule has 1 aromatic rings. The summed E-state index contributed by atoms with van der Waals surface area (Å²) >= 11 is 0. The second kappa shape index (κ2) is 12.1. The molecule has 0 amide bonds. The van der Waals surface area contributed by atoms with Gasteiger partial charge in [0.1, 0.15) is 18.5 Å². The highest BCUT2D eigenvalue weighted by molar-refractivity contribution is 5.68. The molecule has 1 aromatic carbocycles. The molecule has 1 fully saturated rings. The molecule has 0 aliphatic carbocycles. The summed E-state index contributed by atoms with van der Waals surface area (Å²) in [5, 5.41) is 20.7. The van der Waals surface area contributed by atoms with Gasteiger partial charge in [0.05, 0.1) is 11.5 Å². The number of nitro benzene ring substituents is 1. The lowest BCUT2D eigenvalue weighted by molar-refractivity contribution is -0.385. The number of aliphatic hydroxyl groups excluding tert-OH is 1. The molecule has 1 aliphatic heterocycles. The smallest absolute Gasteiger partial charge is 0.303 e. The van der Waals surface area contributed by atoms with Crippen molar-refractivity contribution in [3.05, 3.63) is 33.9 Å². The first-order valence-electron chi connectivity index (χ1n) is 10.3. The van der Waals surface area contributed by atoms with Crippen LogP contribution in [0.5, 0.6) is 5.75 Å². The second-order valence-electron chi connectivity index (χ2n) is 7.39. The van der Waals surface area contributed by atoms with Crippen LogP contribution in [0.3, 0.4) is 0 Å². The third kappa shape index (κ3) is 7.61. The zero-order chi connectivity index (χ0) is 26.3. The zero-order valence-electron chi connectivity index (χ0n) is 19.3. The highest BCUT2D eigenvalue weighted by Gasteiger charge is 2.53. The van der Waals surface area contributed by atoms with Crippen molar-refractivity contribution in [1.29, 1.82) is 0 Å². The molecule has 192 valence electrons. The monoisotopic (exact) mass is 499 g/mol. The predicted molar refractivity (Wildman–Crippen MR) is 112 cm³/mol. The Bertz CT molecular complexity index is 978. The molecule has 5 atom stereocenters. The highest BCUT2D eigenvalue weighted by atomic mass is 16.7. The van der Waals surface area contributed by atoms with Crippen molar-refractivity contribution in [3.8, 4) is 5.75 Å². The minimum absolute atomic E-state index is 0.00653. The Morgan fingerprint density at radius 3 is 2.03 bits per heavy atom. The van der Waals surface area contributed by atoms with Crippen molar-refractivity contribution < 1.29 is 57.6 Å². The average Bonchev–Trinajstić information content (AvgIpc) is 2.75. The lowest BCUT2D eigenvalue weighted by atomic mass is 9.98. The van der Waals surface area contributed by atoms with Crippen LogP contribution in [-0.2, 0) is 49.5 Å². The lowest BCUT2D eigenvalue weighted by Crippen LogP contribution is -2.63. The van der Waals surface area contributed by atoms with Gasteiger partial charge in [-0.1, -0.05) is 0 Å². The maximum atomic E-state index is 11.8. The van der Waals surface area contributed by atoms with Crippen molar-refractivity contribution in [3.63, 3.8) is 0 Å². The fraction of sp³-hybridized carbons (Fsp3) is 0.524. The fourth-order valence-electron chi connectivity index (χ4n) is 3.33. The number of carbonyl (C=O) groups is 4. The van der Waals surface area contributed by atoms with E-state index in [2.05, 4.69) is 0 Å². The van der Waals surface area contributed by atoms with E-state index in [4.69, 9.17) is 28.4 Å². The molecule has 2 rings (SSSR count). The van der Waals surface area contributed by atoms with Gasteiger partial charge in [-0.3, -0.25) is 29.3 Å². The van der Waals surface area contributed by atoms with Gasteiger partial charge < -0.3 is 33.5 Å². The number of ether oxygens (including phenoxy) is 6. The van der Waals surface area contributed by atoms with Crippen LogP contribution in [-0.4, -0.2) is 71.2 Å². The minimum atomic E-state index is -1.54. The molecule has 0 aromatic heterocycles. The van der Waals surface area contributed by atoms with Crippen molar-refractivity contribution in [2.45, 2.75) is 65.0 Å². The number of aliphatic hydroxyl groups is 1. The Hall–Kier alpha value is -3.78. The lowest BCUT2D eigenvalue weighted by Gasteiger charge is -2.44. The first kappa shape index (κ1) is 27.5. The summed E-state index contributed by atoms with van der Waals surface area (Å²) in [6.45, 7) is 3.25. The molecule has 0 radical (unpaired) electrons. The van der Waals surface area contributed by atoms with Crippen LogP contribution < -0.4 is 4.74 Å². The summed E-state index contributed by atoms with van der Waals surface area (Å²) in [7, 11) is 0. The largest absolute Gasteiger partial charge is 0.463 e. The number of nitro groups is 1. The van der Waals surface area contributed by atoms with Gasteiger partial charge in [-0.2, -0.15) is 0 Å². The summed E-state index contributed by atoms with van der Waals surface area (Å²) in [5.41, 5.74) is -0.310. The quantitative estimate of drug-likeness (QED) is 0.215. The van der Waals surface area contributed by atoms with Gasteiger partial charge in [0.2, 0.25) is 12.4 Å². The number of carbonyl (C=O) groups excluding carboxylic acids is 4. The van der Waals surface area contributed by atoms with Crippen molar-refractivity contribution in [1.82, 2.24) is 0 Å². The number of hydrogen-bond acceptors (Lipinski definition) is 13. The van der Waals surface area contributed by atoms with Crippen molar-refractivity contribution in [2.24, 2.45) is 0 Å². The molecular weight excluding hydrogens is 474 g/mol. The van der Waals surface area contributed by atoms with Crippen LogP contribution in [0.2, 0.25) is 0 Å². The molecule has 35 heavy (non-hydrogen) atoms. The number of non-ortho nitro benzene ring substituents is 1. The highest BCUT2D eigenvalue weighted by Crippen LogP contribution is 2.33. The Morgan fingerprint density at radius 1 is 0.943 bits per heavy atom. The molecule has 14 nitrogen and oxygen atoms in total. The van der Waals surface area contributed by atoms with Gasteiger partial charge >= 0.3 is 23.9 Å². The van der Waals surface area contributed by atoms with Gasteiger partial charge in [-0.05, 0) is 6.07 Å². The van der Waals surface area contributed by atoms with Gasteiger partial charge in [0.25, 0.3) is 5.69 Å². The Balaban J connectivity index is 2.52. The average molecular weight is 499 g/mol. The molecule has 1 heterocycles. The van der Waals surface area contributed by atoms with Crippen LogP contribution in [0.25, 0.3) is 0 Å². The number of hydrogen-bond donors (Lipinski definition) is 1. The number of rotatable bonds is 9. The molecule has 14 heteroatoms. The zero-order valence-corrected chi connectivity index (χ0v) is 19.3. The normalized spacial score (nSPS) is 23.5. The Labute approximate surface area is 199 Å². The van der Waals surface area contributed by atoms with E-state index < -0.39 is 72.7 Å². The summed E-state index contributed by atoms with van der Waals surface area (Å²) < 4.78 is 32.4. The summed E-state index contributed by atoms with van der Waals surface area (Å²) in [6.07, 6.45) is -7.08. The Morgan fingerprint density at radius 2 is 1.51 bits per heavy atom. The van der Waals surface area contributed by atoms with E-state index in [0.29, 0.717) is 0 Å². The van der Waals surface area contributed by atoms with Crippen LogP contribution in [0, 0.1) is 10.1 Å². The van der Waals surface area contributed by atoms with Gasteiger partial charge in [0.15, 0.2) is 12.2 Å². The molecule has 0 unspecified atom stereocenters. The third-order valence-electron chi connectivity index (χ3n) is 4.62. The van der Waals surface area contributed by atoms with E-state index in [-0.39, 0.29) is 17.0 Å². The van der Waals surface area contributed by atoms with Crippen LogP contribution in [0.1, 0.15) is 33.3 Å². The van der Waals surface area contributed by atoms with Gasteiger partial charge in [-0.25, -0.2) is 0 Å². The van der Waals surface area contributed by atoms with Crippen molar-refractivity contribution >= 4 is 29.6 Å². The summed E-state index contributed by atoms with van der Waals surface area (Å²) in [6, 6.07) is 3.37. The molecule has 1 aliphatic rings. The predicted octanol–water partition coefficient (Wildman–Crippen LogP) is 0.549. The number of nitrogens with zero attached hydrogens (tertiary/aromatic N) is 1. The van der Waals surface area contributed by atoms with Gasteiger partial charge in [0, 0.05) is 45.4 Å². The topological polar surface area (TPSA) is 187 Å². The maximum absolute atomic E-state index is 11.8. The second-order valence-corrected chi connectivity index (χ2v) is 7.39. The summed E-state index contributed by atoms with van der Waals surface area (Å²) in [5.74, 6) is -3.18. The number of benzene rings is 1. The maximum Gasteiger partial charge on any atom is 0.303 e. The molecule has 1 N–H and O–H groups in total. The summed E-state index contributed by atoms with van der Waals surface area (Å²) in [4.78, 5) is 57.2. The molecule has 0 saturated carbocycles. The van der Waals surface area contributed by atoms with Crippen LogP contribution in [0.15, 0.2) is 18.2 Å². The molecular formula is C21H25NO13. The van der Waals surface area contributed by atoms with Crippen LogP contribution in [0.4, 0.5) is 5.69 Å². The van der Waals surface area contributed by atoms with E-state index in [1.807, 2.05) is 0 Å². The number of esters is 4. The van der Waals surface area contributed by atoms with Gasteiger partial charge in [-0.15, -0.1) is 0 Å². The first-order valence-corrected chi connectivity index (χ1v) is 10.3. The first-order chi connectivity index (χ1) is 16.4. The molecule has 0 spiro atoms. The Kier molecular flexibility index (Phi) is 9.48. The van der Waals surface area contributed by atoms with E-state index in [1.165, 1.54) is 6.07 Å². The van der Waals surface area contributed by atoms with Crippen molar-refractivity contribution in [2.75, 3.05) is 6.61 Å². The van der Waals surface area contributed by atoms with E-state index in [1.54, 1.807) is 0 Å². The van der Waals surface area contributed by atoms with E-state index >= 15 is 0 Å². The minimum Gasteiger partial charge on any atom is -0.463 e. The SMILES string of the molecule is CC(=O)OC[C@H]1O[C@@H](Oc2ccc([N+](=O)[O-])cc2CO)[C@H](OC(C)=O)[C@@H](OC(C)=O)[C@H]1OC(C)=O. The molecule has 1 saturated heterocycles. The standard InChI is InChI=1S/C21H25NO13/c1-10(24)30-9-17-18(31-11(2)25)19(32-12(3)26)20(33-13(4)27)21(35-17)34-16-6-5-15(22(28)29)7-14(16)8-23/h5-7,17-21,23H,8-9H2,1-4H3/t17-,18+,19+,20-,21-/m1/s1. The third-order valence-corrected chi connectivity index (χ3v) is 4.62. The molecule has 0 bridgehead atoms.